The van der Waals surface area contributed by atoms with E-state index in [4.69, 9.17) is 4.98 Å². The number of nitrogens with one attached hydrogen (secondary N) is 1. The third-order valence-electron chi connectivity index (χ3n) is 7.40. The molecule has 0 saturated heterocycles. The number of aryl methyl sites for hydroxylation is 2. The van der Waals surface area contributed by atoms with E-state index in [2.05, 4.69) is 47.1 Å². The topological polar surface area (TPSA) is 46.9 Å². The van der Waals surface area contributed by atoms with E-state index in [0.717, 1.165) is 30.7 Å². The van der Waals surface area contributed by atoms with Crippen LogP contribution in [0.4, 0.5) is 0 Å². The highest BCUT2D eigenvalue weighted by atomic mass is 16.1. The molecule has 4 heteroatoms. The summed E-state index contributed by atoms with van der Waals surface area (Å²) in [5, 5.41) is 3.10. The minimum atomic E-state index is 0.0824. The van der Waals surface area contributed by atoms with Crippen LogP contribution in [0.2, 0.25) is 0 Å². The third-order valence-corrected chi connectivity index (χ3v) is 7.40. The Morgan fingerprint density at radius 3 is 1.95 bits per heavy atom. The molecule has 0 aliphatic rings. The van der Waals surface area contributed by atoms with Gasteiger partial charge in [-0.05, 0) is 30.5 Å². The van der Waals surface area contributed by atoms with E-state index in [1.54, 1.807) is 0 Å². The first-order valence-corrected chi connectivity index (χ1v) is 15.0. The van der Waals surface area contributed by atoms with Crippen molar-refractivity contribution in [2.75, 3.05) is 0 Å². The predicted molar refractivity (Wildman–Crippen MR) is 157 cm³/mol. The molecule has 1 N–H and O–H groups in total. The van der Waals surface area contributed by atoms with Crippen molar-refractivity contribution in [1.82, 2.24) is 14.9 Å². The van der Waals surface area contributed by atoms with Gasteiger partial charge in [0.25, 0.3) is 0 Å². The fourth-order valence-corrected chi connectivity index (χ4v) is 5.14. The molecule has 0 atom stereocenters. The molecule has 1 heterocycles. The van der Waals surface area contributed by atoms with Gasteiger partial charge in [0.2, 0.25) is 5.91 Å². The predicted octanol–water partition coefficient (Wildman–Crippen LogP) is 8.77. The summed E-state index contributed by atoms with van der Waals surface area (Å²) in [6.07, 6.45) is 20.4. The SMILES string of the molecule is CCCCCCCCCCCCCCCCn1c(CNC(=O)CCc2ccccc2)nc2ccccc21. The number of rotatable bonds is 20. The zero-order chi connectivity index (χ0) is 26.0. The van der Waals surface area contributed by atoms with Gasteiger partial charge in [-0.15, -0.1) is 0 Å². The van der Waals surface area contributed by atoms with Crippen molar-refractivity contribution in [3.8, 4) is 0 Å². The maximum atomic E-state index is 12.5. The number of hydrogen-bond donors (Lipinski definition) is 1. The molecule has 0 unspecified atom stereocenters. The van der Waals surface area contributed by atoms with Crippen LogP contribution in [0.3, 0.4) is 0 Å². The summed E-state index contributed by atoms with van der Waals surface area (Å²) in [4.78, 5) is 17.3. The van der Waals surface area contributed by atoms with Gasteiger partial charge < -0.3 is 9.88 Å². The van der Waals surface area contributed by atoms with Crippen molar-refractivity contribution >= 4 is 16.9 Å². The normalized spacial score (nSPS) is 11.3. The smallest absolute Gasteiger partial charge is 0.220 e. The van der Waals surface area contributed by atoms with Crippen molar-refractivity contribution in [3.63, 3.8) is 0 Å². The molecule has 0 spiro atoms. The van der Waals surface area contributed by atoms with Crippen molar-refractivity contribution in [2.24, 2.45) is 0 Å². The lowest BCUT2D eigenvalue weighted by atomic mass is 10.0. The van der Waals surface area contributed by atoms with Crippen LogP contribution < -0.4 is 5.32 Å². The van der Waals surface area contributed by atoms with Gasteiger partial charge >= 0.3 is 0 Å². The second-order valence-electron chi connectivity index (χ2n) is 10.5. The minimum Gasteiger partial charge on any atom is -0.349 e. The lowest BCUT2D eigenvalue weighted by Gasteiger charge is -2.10. The Balaban J connectivity index is 1.32. The molecular weight excluding hydrogens is 454 g/mol. The van der Waals surface area contributed by atoms with Crippen molar-refractivity contribution in [1.29, 1.82) is 0 Å². The summed E-state index contributed by atoms with van der Waals surface area (Å²) in [6, 6.07) is 18.5. The van der Waals surface area contributed by atoms with Crippen LogP contribution >= 0.6 is 0 Å². The number of carbonyl (C=O) groups excluding carboxylic acids is 1. The standard InChI is InChI=1S/C33H49N3O/c1-2-3-4-5-6-7-8-9-10-11-12-13-14-20-27-36-31-24-19-18-23-30(31)35-32(36)28-34-33(37)26-25-29-21-16-15-17-22-29/h15-19,21-24H,2-14,20,25-28H2,1H3,(H,34,37). The summed E-state index contributed by atoms with van der Waals surface area (Å²) < 4.78 is 2.31. The summed E-state index contributed by atoms with van der Waals surface area (Å²) in [5.41, 5.74) is 3.38. The average molecular weight is 504 g/mol. The molecule has 3 aromatic rings. The van der Waals surface area contributed by atoms with Gasteiger partial charge in [-0.2, -0.15) is 0 Å². The summed E-state index contributed by atoms with van der Waals surface area (Å²) in [6.45, 7) is 3.74. The van der Waals surface area contributed by atoms with E-state index < -0.39 is 0 Å². The van der Waals surface area contributed by atoms with Gasteiger partial charge in [-0.3, -0.25) is 4.79 Å². The monoisotopic (exact) mass is 503 g/mol. The Hall–Kier alpha value is -2.62. The highest BCUT2D eigenvalue weighted by Gasteiger charge is 2.11. The first-order valence-electron chi connectivity index (χ1n) is 15.0. The highest BCUT2D eigenvalue weighted by Crippen LogP contribution is 2.18. The quantitative estimate of drug-likeness (QED) is 0.157. The number of hydrogen-bond acceptors (Lipinski definition) is 2. The molecule has 202 valence electrons. The van der Waals surface area contributed by atoms with Gasteiger partial charge in [-0.1, -0.05) is 133 Å². The van der Waals surface area contributed by atoms with Crippen molar-refractivity contribution in [2.45, 2.75) is 123 Å². The Bertz CT molecular complexity index is 1010. The fraction of sp³-hybridized carbons (Fsp3) is 0.576. The van der Waals surface area contributed by atoms with Gasteiger partial charge in [0.05, 0.1) is 17.6 Å². The van der Waals surface area contributed by atoms with Crippen LogP contribution in [0.25, 0.3) is 11.0 Å². The molecule has 0 saturated carbocycles. The summed E-state index contributed by atoms with van der Waals surface area (Å²) >= 11 is 0. The Morgan fingerprint density at radius 1 is 0.730 bits per heavy atom. The summed E-state index contributed by atoms with van der Waals surface area (Å²) in [7, 11) is 0. The molecule has 3 rings (SSSR count). The molecule has 1 aromatic heterocycles. The van der Waals surface area contributed by atoms with Crippen molar-refractivity contribution < 1.29 is 4.79 Å². The molecule has 4 nitrogen and oxygen atoms in total. The van der Waals surface area contributed by atoms with Gasteiger partial charge in [0.1, 0.15) is 5.82 Å². The highest BCUT2D eigenvalue weighted by molar-refractivity contribution is 5.77. The lowest BCUT2D eigenvalue weighted by Crippen LogP contribution is -2.25. The molecular formula is C33H49N3O. The number of nitrogens with zero attached hydrogens (tertiary/aromatic N) is 2. The van der Waals surface area contributed by atoms with Crippen molar-refractivity contribution in [3.05, 3.63) is 66.0 Å². The average Bonchev–Trinajstić information content (AvgIpc) is 3.29. The third kappa shape index (κ3) is 11.1. The maximum Gasteiger partial charge on any atom is 0.220 e. The second-order valence-corrected chi connectivity index (χ2v) is 10.5. The zero-order valence-corrected chi connectivity index (χ0v) is 23.2. The molecule has 1 amide bonds. The fourth-order valence-electron chi connectivity index (χ4n) is 5.14. The molecule has 0 fully saturated rings. The number of benzene rings is 2. The maximum absolute atomic E-state index is 12.5. The lowest BCUT2D eigenvalue weighted by molar-refractivity contribution is -0.121. The van der Waals surface area contributed by atoms with Crippen LogP contribution in [-0.4, -0.2) is 15.5 Å². The first kappa shape index (κ1) is 28.9. The van der Waals surface area contributed by atoms with Crippen LogP contribution in [0.15, 0.2) is 54.6 Å². The number of para-hydroxylation sites is 2. The number of aromatic nitrogens is 2. The van der Waals surface area contributed by atoms with E-state index in [-0.39, 0.29) is 5.91 Å². The number of fused-ring (bicyclic) bond motifs is 1. The minimum absolute atomic E-state index is 0.0824. The molecule has 0 aliphatic carbocycles. The Labute approximate surface area is 225 Å². The largest absolute Gasteiger partial charge is 0.349 e. The Morgan fingerprint density at radius 2 is 1.30 bits per heavy atom. The molecule has 37 heavy (non-hydrogen) atoms. The van der Waals surface area contributed by atoms with Crippen LogP contribution in [-0.2, 0) is 24.3 Å². The number of imidazole rings is 1. The summed E-state index contributed by atoms with van der Waals surface area (Å²) in [5.74, 6) is 1.04. The number of amides is 1. The molecule has 0 aliphatic heterocycles. The van der Waals surface area contributed by atoms with Crippen LogP contribution in [0.1, 0.15) is 115 Å². The number of carbonyl (C=O) groups is 1. The Kier molecular flexibility index (Phi) is 13.9. The van der Waals surface area contributed by atoms with E-state index in [1.165, 1.54) is 94.6 Å². The van der Waals surface area contributed by atoms with E-state index in [0.29, 0.717) is 13.0 Å². The van der Waals surface area contributed by atoms with Gasteiger partial charge in [0.15, 0.2) is 0 Å². The van der Waals surface area contributed by atoms with Crippen LogP contribution in [0, 0.1) is 0 Å². The first-order chi connectivity index (χ1) is 18.3. The molecule has 0 radical (unpaired) electrons. The zero-order valence-electron chi connectivity index (χ0n) is 23.2. The molecule has 0 bridgehead atoms. The van der Waals surface area contributed by atoms with Crippen LogP contribution in [0.5, 0.6) is 0 Å². The number of unbranched alkanes of at least 4 members (excludes halogenated alkanes) is 13. The van der Waals surface area contributed by atoms with E-state index in [1.807, 2.05) is 24.3 Å². The second kappa shape index (κ2) is 17.8. The van der Waals surface area contributed by atoms with Gasteiger partial charge in [0, 0.05) is 13.0 Å². The van der Waals surface area contributed by atoms with Gasteiger partial charge in [-0.25, -0.2) is 4.98 Å². The van der Waals surface area contributed by atoms with E-state index >= 15 is 0 Å². The van der Waals surface area contributed by atoms with E-state index in [9.17, 15) is 4.79 Å². The molecule has 2 aromatic carbocycles.